The van der Waals surface area contributed by atoms with Crippen LogP contribution in [0.4, 0.5) is 4.79 Å². The topological polar surface area (TPSA) is 72.9 Å². The molecule has 2 rings (SSSR count). The van der Waals surface area contributed by atoms with Crippen molar-refractivity contribution in [1.82, 2.24) is 4.90 Å². The minimum absolute atomic E-state index is 0.152. The number of allylic oxidation sites excluding steroid dienone is 1. The van der Waals surface area contributed by atoms with Gasteiger partial charge in [0, 0.05) is 25.4 Å². The number of rotatable bonds is 2. The van der Waals surface area contributed by atoms with Gasteiger partial charge in [-0.1, -0.05) is 0 Å². The molecule has 0 aromatic rings. The zero-order chi connectivity index (χ0) is 15.1. The maximum atomic E-state index is 12.0. The first-order chi connectivity index (χ1) is 9.03. The molecular weight excluding hydrogens is 282 g/mol. The number of carbonyl (C=O) groups is 1. The predicted octanol–water partition coefficient (Wildman–Crippen LogP) is 1.73. The highest BCUT2D eigenvalue weighted by Gasteiger charge is 2.40. The predicted molar refractivity (Wildman–Crippen MR) is 73.4 cm³/mol. The fourth-order valence-corrected chi connectivity index (χ4v) is 3.11. The van der Waals surface area contributed by atoms with Crippen molar-refractivity contribution in [2.24, 2.45) is 11.8 Å². The summed E-state index contributed by atoms with van der Waals surface area (Å²) in [7, 11) is -3.47. The van der Waals surface area contributed by atoms with Gasteiger partial charge in [-0.25, -0.2) is 4.79 Å². The fraction of sp³-hybridized carbons (Fsp3) is 0.769. The third-order valence-electron chi connectivity index (χ3n) is 3.27. The van der Waals surface area contributed by atoms with Gasteiger partial charge in [0.2, 0.25) is 0 Å². The van der Waals surface area contributed by atoms with Crippen LogP contribution in [-0.2, 0) is 19.0 Å². The van der Waals surface area contributed by atoms with E-state index in [4.69, 9.17) is 8.92 Å². The number of hydrogen-bond acceptors (Lipinski definition) is 5. The van der Waals surface area contributed by atoms with Crippen LogP contribution in [0.25, 0.3) is 0 Å². The molecule has 2 aliphatic rings. The summed E-state index contributed by atoms with van der Waals surface area (Å²) in [6.07, 6.45) is 3.09. The quantitative estimate of drug-likeness (QED) is 0.726. The fourth-order valence-electron chi connectivity index (χ4n) is 2.60. The first-order valence-electron chi connectivity index (χ1n) is 6.61. The highest BCUT2D eigenvalue weighted by atomic mass is 32.2. The minimum atomic E-state index is -3.47. The second-order valence-corrected chi connectivity index (χ2v) is 8.01. The van der Waals surface area contributed by atoms with Gasteiger partial charge in [-0.05, 0) is 32.8 Å². The van der Waals surface area contributed by atoms with E-state index in [2.05, 4.69) is 0 Å². The zero-order valence-electron chi connectivity index (χ0n) is 12.3. The molecule has 0 bridgehead atoms. The Bertz CT molecular complexity index is 531. The second-order valence-electron chi connectivity index (χ2n) is 6.43. The Morgan fingerprint density at radius 1 is 1.35 bits per heavy atom. The van der Waals surface area contributed by atoms with Crippen LogP contribution in [0.3, 0.4) is 0 Å². The first kappa shape index (κ1) is 15.2. The van der Waals surface area contributed by atoms with E-state index in [1.807, 2.05) is 26.8 Å². The summed E-state index contributed by atoms with van der Waals surface area (Å²) in [5.74, 6) is 0.866. The number of carbonyl (C=O) groups excluding carboxylic acids is 1. The molecule has 1 aliphatic carbocycles. The monoisotopic (exact) mass is 303 g/mol. The van der Waals surface area contributed by atoms with Gasteiger partial charge in [-0.15, -0.1) is 0 Å². The molecule has 0 spiro atoms. The van der Waals surface area contributed by atoms with Gasteiger partial charge in [0.15, 0.2) is 0 Å². The first-order valence-corrected chi connectivity index (χ1v) is 8.43. The molecule has 0 saturated carbocycles. The number of ether oxygens (including phenoxy) is 1. The van der Waals surface area contributed by atoms with Gasteiger partial charge in [0.05, 0.1) is 6.26 Å². The van der Waals surface area contributed by atoms with Crippen molar-refractivity contribution in [3.63, 3.8) is 0 Å². The van der Waals surface area contributed by atoms with E-state index in [-0.39, 0.29) is 17.9 Å². The largest absolute Gasteiger partial charge is 0.444 e. The maximum Gasteiger partial charge on any atom is 0.410 e. The average Bonchev–Trinajstić information content (AvgIpc) is 2.68. The number of nitrogens with zero attached hydrogens (tertiary/aromatic N) is 1. The smallest absolute Gasteiger partial charge is 0.410 e. The van der Waals surface area contributed by atoms with Gasteiger partial charge in [-0.3, -0.25) is 0 Å². The minimum Gasteiger partial charge on any atom is -0.444 e. The van der Waals surface area contributed by atoms with E-state index in [0.29, 0.717) is 25.3 Å². The second kappa shape index (κ2) is 4.95. The molecule has 2 atom stereocenters. The molecule has 1 fully saturated rings. The van der Waals surface area contributed by atoms with Crippen LogP contribution in [0, 0.1) is 11.8 Å². The molecule has 2 unspecified atom stereocenters. The van der Waals surface area contributed by atoms with E-state index >= 15 is 0 Å². The molecule has 7 heteroatoms. The van der Waals surface area contributed by atoms with E-state index in [0.717, 1.165) is 6.26 Å². The van der Waals surface area contributed by atoms with Crippen molar-refractivity contribution >= 4 is 16.2 Å². The molecule has 0 radical (unpaired) electrons. The summed E-state index contributed by atoms with van der Waals surface area (Å²) in [4.78, 5) is 13.6. The zero-order valence-corrected chi connectivity index (χ0v) is 13.1. The highest BCUT2D eigenvalue weighted by molar-refractivity contribution is 7.86. The molecule has 6 nitrogen and oxygen atoms in total. The Balaban J connectivity index is 1.94. The number of likely N-dealkylation sites (tertiary alicyclic amines) is 1. The average molecular weight is 303 g/mol. The summed E-state index contributed by atoms with van der Waals surface area (Å²) >= 11 is 0. The lowest BCUT2D eigenvalue weighted by Crippen LogP contribution is -2.35. The number of fused-ring (bicyclic) bond motifs is 1. The summed E-state index contributed by atoms with van der Waals surface area (Å²) < 4.78 is 32.4. The van der Waals surface area contributed by atoms with Crippen LogP contribution in [0.2, 0.25) is 0 Å². The van der Waals surface area contributed by atoms with E-state index in [9.17, 15) is 13.2 Å². The van der Waals surface area contributed by atoms with Crippen molar-refractivity contribution in [2.75, 3.05) is 19.3 Å². The van der Waals surface area contributed by atoms with E-state index in [1.54, 1.807) is 4.90 Å². The molecule has 0 N–H and O–H groups in total. The molecule has 0 aromatic heterocycles. The Labute approximate surface area is 119 Å². The molecular formula is C13H21NO5S. The molecule has 1 saturated heterocycles. The molecule has 1 aliphatic heterocycles. The van der Waals surface area contributed by atoms with E-state index in [1.165, 1.54) is 0 Å². The Morgan fingerprint density at radius 2 is 2.00 bits per heavy atom. The van der Waals surface area contributed by atoms with Crippen molar-refractivity contribution in [3.8, 4) is 0 Å². The summed E-state index contributed by atoms with van der Waals surface area (Å²) in [5, 5.41) is 0. The van der Waals surface area contributed by atoms with Crippen molar-refractivity contribution < 1.29 is 22.1 Å². The molecule has 114 valence electrons. The van der Waals surface area contributed by atoms with Gasteiger partial charge >= 0.3 is 16.2 Å². The van der Waals surface area contributed by atoms with Crippen LogP contribution >= 0.6 is 0 Å². The SMILES string of the molecule is CC(C)(C)OC(=O)N1CC2C=C(OS(C)(=O)=O)CC2C1. The lowest BCUT2D eigenvalue weighted by molar-refractivity contribution is 0.0284. The lowest BCUT2D eigenvalue weighted by atomic mass is 10.0. The van der Waals surface area contributed by atoms with Gasteiger partial charge in [-0.2, -0.15) is 8.42 Å². The third-order valence-corrected chi connectivity index (χ3v) is 3.78. The normalized spacial score (nSPS) is 26.2. The van der Waals surface area contributed by atoms with E-state index < -0.39 is 15.7 Å². The lowest BCUT2D eigenvalue weighted by Gasteiger charge is -2.24. The van der Waals surface area contributed by atoms with Crippen LogP contribution in [0.1, 0.15) is 27.2 Å². The Hall–Kier alpha value is -1.24. The molecule has 0 aromatic carbocycles. The summed E-state index contributed by atoms with van der Waals surface area (Å²) in [6, 6.07) is 0. The maximum absolute atomic E-state index is 12.0. The molecule has 20 heavy (non-hydrogen) atoms. The number of amides is 1. The summed E-state index contributed by atoms with van der Waals surface area (Å²) in [5.41, 5.74) is -0.505. The van der Waals surface area contributed by atoms with Gasteiger partial charge in [0.1, 0.15) is 11.4 Å². The third kappa shape index (κ3) is 3.88. The summed E-state index contributed by atoms with van der Waals surface area (Å²) in [6.45, 7) is 6.63. The standard InChI is InChI=1S/C13H21NO5S/c1-13(2,3)18-12(15)14-7-9-5-11(6-10(9)8-14)19-20(4,16)17/h5,9-10H,6-8H2,1-4H3. The number of hydrogen-bond donors (Lipinski definition) is 0. The van der Waals surface area contributed by atoms with Crippen molar-refractivity contribution in [3.05, 3.63) is 11.8 Å². The van der Waals surface area contributed by atoms with Crippen molar-refractivity contribution in [2.45, 2.75) is 32.8 Å². The van der Waals surface area contributed by atoms with Crippen LogP contribution in [0.15, 0.2) is 11.8 Å². The Morgan fingerprint density at radius 3 is 2.50 bits per heavy atom. The highest BCUT2D eigenvalue weighted by Crippen LogP contribution is 2.38. The van der Waals surface area contributed by atoms with Gasteiger partial charge < -0.3 is 13.8 Å². The van der Waals surface area contributed by atoms with Gasteiger partial charge in [0.25, 0.3) is 0 Å². The molecule has 1 amide bonds. The van der Waals surface area contributed by atoms with Crippen LogP contribution in [-0.4, -0.2) is 44.4 Å². The van der Waals surface area contributed by atoms with Crippen molar-refractivity contribution in [1.29, 1.82) is 0 Å². The molecule has 1 heterocycles. The van der Waals surface area contributed by atoms with Crippen LogP contribution in [0.5, 0.6) is 0 Å². The van der Waals surface area contributed by atoms with Crippen LogP contribution < -0.4 is 0 Å². The Kier molecular flexibility index (Phi) is 3.75.